The highest BCUT2D eigenvalue weighted by molar-refractivity contribution is 5.94. The molecule has 3 aromatic rings. The summed E-state index contributed by atoms with van der Waals surface area (Å²) in [6.45, 7) is 1.39. The molecule has 5 rings (SSSR count). The lowest BCUT2D eigenvalue weighted by atomic mass is 10.0. The van der Waals surface area contributed by atoms with Gasteiger partial charge in [0.05, 0.1) is 12.2 Å². The maximum Gasteiger partial charge on any atom is 0.280 e. The predicted molar refractivity (Wildman–Crippen MR) is 110 cm³/mol. The van der Waals surface area contributed by atoms with Crippen LogP contribution in [0.3, 0.4) is 0 Å². The van der Waals surface area contributed by atoms with Crippen molar-refractivity contribution in [2.24, 2.45) is 0 Å². The molecule has 1 saturated carbocycles. The topological polar surface area (TPSA) is 93.2 Å². The number of hydrogen-bond donors (Lipinski definition) is 0. The van der Waals surface area contributed by atoms with Gasteiger partial charge in [0.2, 0.25) is 0 Å². The second-order valence-electron chi connectivity index (χ2n) is 8.28. The van der Waals surface area contributed by atoms with Gasteiger partial charge in [0.15, 0.2) is 11.5 Å². The molecule has 2 fully saturated rings. The fourth-order valence-electron chi connectivity index (χ4n) is 3.82. The normalized spacial score (nSPS) is 17.3. The van der Waals surface area contributed by atoms with Crippen molar-refractivity contribution in [1.82, 2.24) is 30.0 Å². The first-order valence-electron chi connectivity index (χ1n) is 10.4. The second-order valence-corrected chi connectivity index (χ2v) is 8.28. The summed E-state index contributed by atoms with van der Waals surface area (Å²) in [5, 5.41) is 12.5. The van der Waals surface area contributed by atoms with E-state index in [2.05, 4.69) is 20.5 Å². The van der Waals surface area contributed by atoms with Gasteiger partial charge in [0.1, 0.15) is 0 Å². The Hall–Kier alpha value is -3.23. The van der Waals surface area contributed by atoms with Crippen LogP contribution in [-0.4, -0.2) is 63.1 Å². The largest absolute Gasteiger partial charge is 0.378 e. The number of likely N-dealkylation sites (tertiary alicyclic amines) is 1. The van der Waals surface area contributed by atoms with E-state index in [0.717, 1.165) is 42.8 Å². The highest BCUT2D eigenvalue weighted by Crippen LogP contribution is 2.38. The average Bonchev–Trinajstić information content (AvgIpc) is 3.30. The highest BCUT2D eigenvalue weighted by Gasteiger charge is 2.30. The van der Waals surface area contributed by atoms with E-state index in [0.29, 0.717) is 30.6 Å². The molecular formula is C21H25N7O2. The Kier molecular flexibility index (Phi) is 4.72. The molecule has 0 bridgehead atoms. The molecule has 3 heterocycles. The number of aromatic nitrogens is 5. The standard InChI is InChI=1S/C21H25N7O2/c1-26(2)16-7-5-15(6-8-16)21(29)27-11-9-17(10-12-27)28-13-18(23-25-28)20-22-19(24-30-20)14-3-4-14/h5-8,13-14,17H,3-4,9-12H2,1-2H3. The molecule has 2 aliphatic rings. The summed E-state index contributed by atoms with van der Waals surface area (Å²) < 4.78 is 7.21. The summed E-state index contributed by atoms with van der Waals surface area (Å²) in [5.74, 6) is 1.72. The molecule has 0 unspecified atom stereocenters. The lowest BCUT2D eigenvalue weighted by Crippen LogP contribution is -2.39. The SMILES string of the molecule is CN(C)c1ccc(C(=O)N2CCC(n3cc(-c4nc(C5CC5)no4)nn3)CC2)cc1. The Balaban J connectivity index is 1.20. The minimum atomic E-state index is 0.0801. The maximum atomic E-state index is 12.8. The maximum absolute atomic E-state index is 12.8. The number of hydrogen-bond acceptors (Lipinski definition) is 7. The Morgan fingerprint density at radius 1 is 1.10 bits per heavy atom. The molecule has 156 valence electrons. The molecule has 1 amide bonds. The molecule has 9 nitrogen and oxygen atoms in total. The summed E-state index contributed by atoms with van der Waals surface area (Å²) in [5.41, 5.74) is 2.41. The average molecular weight is 407 g/mol. The number of piperidine rings is 1. The van der Waals surface area contributed by atoms with Crippen LogP contribution in [-0.2, 0) is 0 Å². The van der Waals surface area contributed by atoms with Gasteiger partial charge in [0.25, 0.3) is 11.8 Å². The van der Waals surface area contributed by atoms with Crippen molar-refractivity contribution >= 4 is 11.6 Å². The van der Waals surface area contributed by atoms with Gasteiger partial charge in [-0.2, -0.15) is 4.98 Å². The summed E-state index contributed by atoms with van der Waals surface area (Å²) >= 11 is 0. The fourth-order valence-corrected chi connectivity index (χ4v) is 3.82. The number of rotatable bonds is 5. The van der Waals surface area contributed by atoms with Crippen LogP contribution in [0.5, 0.6) is 0 Å². The van der Waals surface area contributed by atoms with Crippen molar-refractivity contribution in [2.75, 3.05) is 32.1 Å². The van der Waals surface area contributed by atoms with Crippen molar-refractivity contribution in [1.29, 1.82) is 0 Å². The Labute approximate surface area is 174 Å². The number of anilines is 1. The van der Waals surface area contributed by atoms with Gasteiger partial charge in [-0.05, 0) is 49.9 Å². The van der Waals surface area contributed by atoms with E-state index in [-0.39, 0.29) is 11.9 Å². The van der Waals surface area contributed by atoms with Crippen LogP contribution in [0.25, 0.3) is 11.6 Å². The molecule has 1 saturated heterocycles. The van der Waals surface area contributed by atoms with Crippen molar-refractivity contribution in [3.8, 4) is 11.6 Å². The summed E-state index contributed by atoms with van der Waals surface area (Å²) in [7, 11) is 3.98. The van der Waals surface area contributed by atoms with Gasteiger partial charge in [-0.25, -0.2) is 4.68 Å². The van der Waals surface area contributed by atoms with Crippen molar-refractivity contribution < 1.29 is 9.32 Å². The number of carbonyl (C=O) groups is 1. The van der Waals surface area contributed by atoms with E-state index in [9.17, 15) is 4.79 Å². The Bertz CT molecular complexity index is 1030. The first kappa shape index (κ1) is 18.8. The molecule has 0 atom stereocenters. The molecule has 0 spiro atoms. The molecule has 1 aromatic carbocycles. The third-order valence-electron chi connectivity index (χ3n) is 5.87. The quantitative estimate of drug-likeness (QED) is 0.642. The Morgan fingerprint density at radius 3 is 2.50 bits per heavy atom. The van der Waals surface area contributed by atoms with Crippen LogP contribution in [0.1, 0.15) is 53.8 Å². The van der Waals surface area contributed by atoms with Crippen molar-refractivity contribution in [3.05, 3.63) is 41.9 Å². The van der Waals surface area contributed by atoms with Gasteiger partial charge in [-0.3, -0.25) is 4.79 Å². The first-order valence-corrected chi connectivity index (χ1v) is 10.4. The van der Waals surface area contributed by atoms with Crippen LogP contribution in [0.2, 0.25) is 0 Å². The third kappa shape index (κ3) is 3.67. The summed E-state index contributed by atoms with van der Waals surface area (Å²) in [6.07, 6.45) is 5.79. The van der Waals surface area contributed by atoms with Crippen molar-refractivity contribution in [2.45, 2.75) is 37.6 Å². The van der Waals surface area contributed by atoms with E-state index in [1.54, 1.807) is 0 Å². The molecule has 2 aromatic heterocycles. The summed E-state index contributed by atoms with van der Waals surface area (Å²) in [6, 6.07) is 7.95. The zero-order valence-electron chi connectivity index (χ0n) is 17.2. The van der Waals surface area contributed by atoms with Crippen molar-refractivity contribution in [3.63, 3.8) is 0 Å². The van der Waals surface area contributed by atoms with E-state index >= 15 is 0 Å². The molecule has 1 aliphatic heterocycles. The molecular weight excluding hydrogens is 382 g/mol. The Morgan fingerprint density at radius 2 is 1.83 bits per heavy atom. The molecule has 0 N–H and O–H groups in total. The summed E-state index contributed by atoms with van der Waals surface area (Å²) in [4.78, 5) is 21.2. The molecule has 0 radical (unpaired) electrons. The van der Waals surface area contributed by atoms with Crippen LogP contribution >= 0.6 is 0 Å². The van der Waals surface area contributed by atoms with E-state index < -0.39 is 0 Å². The minimum absolute atomic E-state index is 0.0801. The van der Waals surface area contributed by atoms with Gasteiger partial charge in [-0.15, -0.1) is 5.10 Å². The molecule has 9 heteroatoms. The minimum Gasteiger partial charge on any atom is -0.378 e. The van der Waals surface area contributed by atoms with Gasteiger partial charge in [0, 0.05) is 44.4 Å². The number of benzene rings is 1. The lowest BCUT2D eigenvalue weighted by Gasteiger charge is -2.32. The number of carbonyl (C=O) groups excluding carboxylic acids is 1. The zero-order chi connectivity index (χ0) is 20.7. The van der Waals surface area contributed by atoms with Crippen LogP contribution in [0, 0.1) is 0 Å². The van der Waals surface area contributed by atoms with Crippen LogP contribution in [0.4, 0.5) is 5.69 Å². The van der Waals surface area contributed by atoms with Gasteiger partial charge < -0.3 is 14.3 Å². The van der Waals surface area contributed by atoms with Crippen LogP contribution < -0.4 is 4.90 Å². The van der Waals surface area contributed by atoms with E-state index in [4.69, 9.17) is 4.52 Å². The van der Waals surface area contributed by atoms with E-state index in [1.807, 2.05) is 59.0 Å². The predicted octanol–water partition coefficient (Wildman–Crippen LogP) is 2.75. The monoisotopic (exact) mass is 407 g/mol. The zero-order valence-corrected chi connectivity index (χ0v) is 17.2. The van der Waals surface area contributed by atoms with E-state index in [1.165, 1.54) is 0 Å². The number of nitrogens with zero attached hydrogens (tertiary/aromatic N) is 7. The lowest BCUT2D eigenvalue weighted by molar-refractivity contribution is 0.0689. The first-order chi connectivity index (χ1) is 14.6. The van der Waals surface area contributed by atoms with Gasteiger partial charge in [-0.1, -0.05) is 10.4 Å². The molecule has 30 heavy (non-hydrogen) atoms. The van der Waals surface area contributed by atoms with Crippen LogP contribution in [0.15, 0.2) is 35.0 Å². The fraction of sp³-hybridized carbons (Fsp3) is 0.476. The second kappa shape index (κ2) is 7.55. The number of amides is 1. The highest BCUT2D eigenvalue weighted by atomic mass is 16.5. The van der Waals surface area contributed by atoms with Gasteiger partial charge >= 0.3 is 0 Å². The smallest absolute Gasteiger partial charge is 0.280 e. The third-order valence-corrected chi connectivity index (χ3v) is 5.87. The molecule has 1 aliphatic carbocycles.